The number of carbonyl (C=O) groups excluding carboxylic acids is 1. The molecule has 2 unspecified atom stereocenters. The van der Waals surface area contributed by atoms with Crippen LogP contribution in [0.2, 0.25) is 0 Å². The highest BCUT2D eigenvalue weighted by molar-refractivity contribution is 5.96. The fourth-order valence-corrected chi connectivity index (χ4v) is 3.77. The number of hydrogen-bond donors (Lipinski definition) is 5. The zero-order chi connectivity index (χ0) is 22.5. The van der Waals surface area contributed by atoms with Crippen LogP contribution < -0.4 is 21.7 Å². The number of rotatable bonds is 7. The fourth-order valence-electron chi connectivity index (χ4n) is 3.77. The molecule has 1 aromatic heterocycles. The van der Waals surface area contributed by atoms with Gasteiger partial charge in [0.15, 0.2) is 0 Å². The van der Waals surface area contributed by atoms with Gasteiger partial charge in [0.25, 0.3) is 5.91 Å². The summed E-state index contributed by atoms with van der Waals surface area (Å²) in [4.78, 5) is 17.3. The first-order valence-electron chi connectivity index (χ1n) is 10.7. The molecule has 6 N–H and O–H groups in total. The third-order valence-corrected chi connectivity index (χ3v) is 5.81. The van der Waals surface area contributed by atoms with E-state index in [1.54, 1.807) is 0 Å². The SMILES string of the molecule is CNc1nc(C2CCC(C)(C)C(NC(=O)/C(N)=C/C=N)C2)ccc1NCC(C)(C)C. The molecule has 0 saturated heterocycles. The van der Waals surface area contributed by atoms with Crippen LogP contribution in [-0.2, 0) is 4.79 Å². The highest BCUT2D eigenvalue weighted by atomic mass is 16.2. The molecule has 1 amide bonds. The van der Waals surface area contributed by atoms with Gasteiger partial charge in [-0.2, -0.15) is 0 Å². The third-order valence-electron chi connectivity index (χ3n) is 5.81. The summed E-state index contributed by atoms with van der Waals surface area (Å²) in [5.41, 5.74) is 8.02. The summed E-state index contributed by atoms with van der Waals surface area (Å²) in [5.74, 6) is 0.795. The Kier molecular flexibility index (Phi) is 7.50. The van der Waals surface area contributed by atoms with Gasteiger partial charge in [-0.15, -0.1) is 0 Å². The lowest BCUT2D eigenvalue weighted by atomic mass is 9.68. The van der Waals surface area contributed by atoms with Crippen LogP contribution in [0.4, 0.5) is 11.5 Å². The van der Waals surface area contributed by atoms with Crippen LogP contribution in [0.3, 0.4) is 0 Å². The summed E-state index contributed by atoms with van der Waals surface area (Å²) >= 11 is 0. The summed E-state index contributed by atoms with van der Waals surface area (Å²) in [6, 6.07) is 4.18. The normalized spacial score (nSPS) is 21.6. The highest BCUT2D eigenvalue weighted by Crippen LogP contribution is 2.43. The van der Waals surface area contributed by atoms with Crippen LogP contribution in [0, 0.1) is 16.2 Å². The van der Waals surface area contributed by atoms with Gasteiger partial charge in [-0.05, 0) is 48.3 Å². The maximum Gasteiger partial charge on any atom is 0.267 e. The van der Waals surface area contributed by atoms with Crippen molar-refractivity contribution < 1.29 is 4.79 Å². The molecule has 1 aliphatic rings. The summed E-state index contributed by atoms with van der Waals surface area (Å²) in [7, 11) is 1.89. The van der Waals surface area contributed by atoms with Crippen molar-refractivity contribution in [1.29, 1.82) is 5.41 Å². The number of amides is 1. The number of aromatic nitrogens is 1. The van der Waals surface area contributed by atoms with Gasteiger partial charge < -0.3 is 27.1 Å². The van der Waals surface area contributed by atoms with Gasteiger partial charge in [-0.3, -0.25) is 4.79 Å². The standard InChI is InChI=1S/C23H38N6O/c1-22(2,3)14-27-18-8-7-17(28-20(18)26-6)15-9-11-23(4,5)19(13-15)29-21(30)16(25)10-12-24/h7-8,10,12,15,19,24,27H,9,11,13-14,25H2,1-6H3,(H,26,28)(H,29,30)/b16-10-,24-12?. The third kappa shape index (κ3) is 6.21. The van der Waals surface area contributed by atoms with E-state index in [9.17, 15) is 4.79 Å². The van der Waals surface area contributed by atoms with E-state index in [1.807, 2.05) is 7.05 Å². The number of anilines is 2. The van der Waals surface area contributed by atoms with E-state index in [-0.39, 0.29) is 34.4 Å². The average Bonchev–Trinajstić information content (AvgIpc) is 2.67. The Balaban J connectivity index is 2.18. The van der Waals surface area contributed by atoms with Gasteiger partial charge in [0.05, 0.1) is 11.4 Å². The van der Waals surface area contributed by atoms with E-state index in [1.165, 1.54) is 6.08 Å². The van der Waals surface area contributed by atoms with E-state index < -0.39 is 0 Å². The van der Waals surface area contributed by atoms with Crippen molar-refractivity contribution in [1.82, 2.24) is 10.3 Å². The lowest BCUT2D eigenvalue weighted by Crippen LogP contribution is -2.49. The Labute approximate surface area is 180 Å². The largest absolute Gasteiger partial charge is 0.394 e. The zero-order valence-corrected chi connectivity index (χ0v) is 19.2. The molecule has 0 aliphatic heterocycles. The molecule has 1 saturated carbocycles. The smallest absolute Gasteiger partial charge is 0.267 e. The van der Waals surface area contributed by atoms with Gasteiger partial charge in [-0.1, -0.05) is 34.6 Å². The fraction of sp³-hybridized carbons (Fsp3) is 0.609. The van der Waals surface area contributed by atoms with Crippen molar-refractivity contribution >= 4 is 23.6 Å². The quantitative estimate of drug-likeness (QED) is 0.343. The van der Waals surface area contributed by atoms with Crippen LogP contribution in [0.5, 0.6) is 0 Å². The molecule has 1 heterocycles. The lowest BCUT2D eigenvalue weighted by Gasteiger charge is -2.42. The number of allylic oxidation sites excluding steroid dienone is 1. The van der Waals surface area contributed by atoms with Crippen molar-refractivity contribution in [2.24, 2.45) is 16.6 Å². The molecule has 0 bridgehead atoms. The molecule has 1 fully saturated rings. The zero-order valence-electron chi connectivity index (χ0n) is 19.2. The van der Waals surface area contributed by atoms with Crippen LogP contribution >= 0.6 is 0 Å². The molecule has 2 atom stereocenters. The van der Waals surface area contributed by atoms with Crippen molar-refractivity contribution in [2.45, 2.75) is 65.8 Å². The van der Waals surface area contributed by atoms with Crippen molar-refractivity contribution in [3.8, 4) is 0 Å². The summed E-state index contributed by atoms with van der Waals surface area (Å²) in [6.45, 7) is 11.8. The predicted molar refractivity (Wildman–Crippen MR) is 125 cm³/mol. The molecule has 0 spiro atoms. The molecule has 0 radical (unpaired) electrons. The van der Waals surface area contributed by atoms with E-state index in [4.69, 9.17) is 16.1 Å². The molecule has 1 aromatic rings. The Morgan fingerprint density at radius 1 is 1.37 bits per heavy atom. The van der Waals surface area contributed by atoms with Crippen LogP contribution in [0.25, 0.3) is 0 Å². The molecular weight excluding hydrogens is 376 g/mol. The van der Waals surface area contributed by atoms with E-state index in [2.05, 4.69) is 62.7 Å². The first kappa shape index (κ1) is 23.7. The molecule has 30 heavy (non-hydrogen) atoms. The van der Waals surface area contributed by atoms with Gasteiger partial charge >= 0.3 is 0 Å². The lowest BCUT2D eigenvalue weighted by molar-refractivity contribution is -0.119. The maximum atomic E-state index is 12.4. The number of pyridine rings is 1. The monoisotopic (exact) mass is 414 g/mol. The Morgan fingerprint density at radius 3 is 2.67 bits per heavy atom. The first-order chi connectivity index (χ1) is 14.0. The molecular formula is C23H38N6O. The van der Waals surface area contributed by atoms with Gasteiger partial charge in [0, 0.05) is 37.5 Å². The second-order valence-corrected chi connectivity index (χ2v) is 10.1. The second-order valence-electron chi connectivity index (χ2n) is 10.1. The van der Waals surface area contributed by atoms with Crippen LogP contribution in [-0.4, -0.2) is 36.7 Å². The summed E-state index contributed by atoms with van der Waals surface area (Å²) in [6.07, 6.45) is 5.16. The maximum absolute atomic E-state index is 12.4. The van der Waals surface area contributed by atoms with E-state index in [0.29, 0.717) is 0 Å². The molecule has 1 aliphatic carbocycles. The number of nitrogens with two attached hydrogens (primary N) is 1. The van der Waals surface area contributed by atoms with Crippen LogP contribution in [0.15, 0.2) is 23.9 Å². The minimum atomic E-state index is -0.317. The van der Waals surface area contributed by atoms with Gasteiger partial charge in [0.1, 0.15) is 5.82 Å². The number of nitrogens with zero attached hydrogens (tertiary/aromatic N) is 1. The molecule has 166 valence electrons. The molecule has 0 aromatic carbocycles. The second kappa shape index (κ2) is 9.49. The molecule has 7 heteroatoms. The molecule has 2 rings (SSSR count). The minimum Gasteiger partial charge on any atom is -0.394 e. The Morgan fingerprint density at radius 2 is 2.07 bits per heavy atom. The number of carbonyl (C=O) groups is 1. The number of hydrogen-bond acceptors (Lipinski definition) is 6. The van der Waals surface area contributed by atoms with Gasteiger partial charge in [0.2, 0.25) is 0 Å². The minimum absolute atomic E-state index is 0.0139. The van der Waals surface area contributed by atoms with Crippen LogP contribution in [0.1, 0.15) is 65.5 Å². The molecule has 7 nitrogen and oxygen atoms in total. The predicted octanol–water partition coefficient (Wildman–Crippen LogP) is 3.85. The van der Waals surface area contributed by atoms with Gasteiger partial charge in [-0.25, -0.2) is 4.98 Å². The van der Waals surface area contributed by atoms with Crippen molar-refractivity contribution in [3.05, 3.63) is 29.6 Å². The Bertz CT molecular complexity index is 793. The summed E-state index contributed by atoms with van der Waals surface area (Å²) < 4.78 is 0. The average molecular weight is 415 g/mol. The van der Waals surface area contributed by atoms with E-state index >= 15 is 0 Å². The van der Waals surface area contributed by atoms with E-state index in [0.717, 1.165) is 49.2 Å². The van der Waals surface area contributed by atoms with Crippen molar-refractivity contribution in [2.75, 3.05) is 24.2 Å². The van der Waals surface area contributed by atoms with Crippen molar-refractivity contribution in [3.63, 3.8) is 0 Å². The topological polar surface area (TPSA) is 116 Å². The highest BCUT2D eigenvalue weighted by Gasteiger charge is 2.38. The number of nitrogens with one attached hydrogen (secondary N) is 4. The summed E-state index contributed by atoms with van der Waals surface area (Å²) in [5, 5.41) is 16.9. The first-order valence-corrected chi connectivity index (χ1v) is 10.7. The Hall–Kier alpha value is -2.57.